The highest BCUT2D eigenvalue weighted by molar-refractivity contribution is 7.92. The van der Waals surface area contributed by atoms with Gasteiger partial charge in [-0.15, -0.1) is 0 Å². The van der Waals surface area contributed by atoms with Crippen LogP contribution in [0.1, 0.15) is 5.56 Å². The Hall–Kier alpha value is -2.51. The van der Waals surface area contributed by atoms with Crippen LogP contribution in [0.15, 0.2) is 65.7 Å². The molecule has 0 aliphatic carbocycles. The summed E-state index contributed by atoms with van der Waals surface area (Å²) in [5.74, 6) is 0.825. The van der Waals surface area contributed by atoms with Gasteiger partial charge in [-0.2, -0.15) is 5.10 Å². The third-order valence-corrected chi connectivity index (χ3v) is 5.28. The second-order valence-electron chi connectivity index (χ2n) is 5.27. The van der Waals surface area contributed by atoms with Crippen LogP contribution in [0.5, 0.6) is 5.75 Å². The van der Waals surface area contributed by atoms with Crippen LogP contribution in [0.25, 0.3) is 0 Å². The first kappa shape index (κ1) is 17.3. The maximum absolute atomic E-state index is 12.4. The van der Waals surface area contributed by atoms with Crippen molar-refractivity contribution in [2.24, 2.45) is 0 Å². The SMILES string of the molecule is COc1ccc(S(=O)(=O)Nc2ccn(Cc3ccccc3Cl)n2)cc1. The molecule has 8 heteroatoms. The van der Waals surface area contributed by atoms with Crippen molar-refractivity contribution in [1.29, 1.82) is 0 Å². The van der Waals surface area contributed by atoms with Crippen molar-refractivity contribution < 1.29 is 13.2 Å². The van der Waals surface area contributed by atoms with E-state index < -0.39 is 10.0 Å². The van der Waals surface area contributed by atoms with Gasteiger partial charge in [-0.25, -0.2) is 8.42 Å². The molecule has 0 amide bonds. The number of hydrogen-bond acceptors (Lipinski definition) is 4. The van der Waals surface area contributed by atoms with E-state index in [-0.39, 0.29) is 10.7 Å². The summed E-state index contributed by atoms with van der Waals surface area (Å²) in [7, 11) is -2.19. The first-order chi connectivity index (χ1) is 12.0. The van der Waals surface area contributed by atoms with E-state index in [1.165, 1.54) is 19.2 Å². The zero-order valence-electron chi connectivity index (χ0n) is 13.4. The first-order valence-electron chi connectivity index (χ1n) is 7.42. The smallest absolute Gasteiger partial charge is 0.263 e. The Morgan fingerprint density at radius 3 is 2.52 bits per heavy atom. The molecule has 3 rings (SSSR count). The van der Waals surface area contributed by atoms with E-state index in [9.17, 15) is 8.42 Å². The number of nitrogens with zero attached hydrogens (tertiary/aromatic N) is 2. The molecule has 1 N–H and O–H groups in total. The molecule has 0 saturated heterocycles. The minimum absolute atomic E-state index is 0.133. The lowest BCUT2D eigenvalue weighted by Gasteiger charge is -2.07. The van der Waals surface area contributed by atoms with Crippen molar-refractivity contribution in [3.63, 3.8) is 0 Å². The van der Waals surface area contributed by atoms with E-state index in [1.54, 1.807) is 35.1 Å². The van der Waals surface area contributed by atoms with Crippen molar-refractivity contribution in [3.8, 4) is 5.75 Å². The van der Waals surface area contributed by atoms with Gasteiger partial charge in [0, 0.05) is 17.3 Å². The van der Waals surface area contributed by atoms with Crippen molar-refractivity contribution in [1.82, 2.24) is 9.78 Å². The van der Waals surface area contributed by atoms with Gasteiger partial charge in [0.15, 0.2) is 5.82 Å². The van der Waals surface area contributed by atoms with E-state index in [0.29, 0.717) is 17.3 Å². The summed E-state index contributed by atoms with van der Waals surface area (Å²) in [6.45, 7) is 0.448. The maximum atomic E-state index is 12.4. The monoisotopic (exact) mass is 377 g/mol. The number of anilines is 1. The van der Waals surface area contributed by atoms with Gasteiger partial charge in [-0.3, -0.25) is 9.40 Å². The van der Waals surface area contributed by atoms with Crippen LogP contribution in [0, 0.1) is 0 Å². The molecule has 0 unspecified atom stereocenters. The maximum Gasteiger partial charge on any atom is 0.263 e. The molecule has 0 saturated carbocycles. The van der Waals surface area contributed by atoms with Gasteiger partial charge < -0.3 is 4.74 Å². The molecule has 130 valence electrons. The van der Waals surface area contributed by atoms with Crippen LogP contribution in [-0.2, 0) is 16.6 Å². The summed E-state index contributed by atoms with van der Waals surface area (Å²) in [5.41, 5.74) is 0.900. The molecule has 0 fully saturated rings. The van der Waals surface area contributed by atoms with E-state index in [0.717, 1.165) is 5.56 Å². The number of benzene rings is 2. The lowest BCUT2D eigenvalue weighted by molar-refractivity contribution is 0.414. The second kappa shape index (κ2) is 7.16. The Kier molecular flexibility index (Phi) is 4.96. The van der Waals surface area contributed by atoms with Crippen LogP contribution < -0.4 is 9.46 Å². The quantitative estimate of drug-likeness (QED) is 0.714. The molecule has 1 heterocycles. The van der Waals surface area contributed by atoms with Gasteiger partial charge in [-0.1, -0.05) is 29.8 Å². The molecule has 0 radical (unpaired) electrons. The summed E-state index contributed by atoms with van der Waals surface area (Å²) in [4.78, 5) is 0.133. The lowest BCUT2D eigenvalue weighted by Crippen LogP contribution is -2.13. The zero-order valence-corrected chi connectivity index (χ0v) is 15.0. The number of rotatable bonds is 6. The van der Waals surface area contributed by atoms with Crippen molar-refractivity contribution in [2.75, 3.05) is 11.8 Å². The number of sulfonamides is 1. The van der Waals surface area contributed by atoms with Crippen molar-refractivity contribution >= 4 is 27.4 Å². The normalized spacial score (nSPS) is 11.3. The molecular formula is C17H16ClN3O3S. The van der Waals surface area contributed by atoms with E-state index in [4.69, 9.17) is 16.3 Å². The molecule has 3 aromatic rings. The average molecular weight is 378 g/mol. The second-order valence-corrected chi connectivity index (χ2v) is 7.36. The largest absolute Gasteiger partial charge is 0.497 e. The zero-order chi connectivity index (χ0) is 17.9. The fourth-order valence-electron chi connectivity index (χ4n) is 2.26. The molecule has 0 spiro atoms. The predicted octanol–water partition coefficient (Wildman–Crippen LogP) is 3.39. The first-order valence-corrected chi connectivity index (χ1v) is 9.28. The van der Waals surface area contributed by atoms with Gasteiger partial charge in [0.05, 0.1) is 18.6 Å². The molecule has 2 aromatic carbocycles. The van der Waals surface area contributed by atoms with Crippen molar-refractivity contribution in [3.05, 3.63) is 71.4 Å². The Labute approximate surface area is 151 Å². The molecular weight excluding hydrogens is 362 g/mol. The number of halogens is 1. The molecule has 6 nitrogen and oxygen atoms in total. The van der Waals surface area contributed by atoms with E-state index in [1.807, 2.05) is 18.2 Å². The highest BCUT2D eigenvalue weighted by Crippen LogP contribution is 2.19. The topological polar surface area (TPSA) is 73.2 Å². The van der Waals surface area contributed by atoms with Gasteiger partial charge in [0.25, 0.3) is 10.0 Å². The van der Waals surface area contributed by atoms with Crippen LogP contribution >= 0.6 is 11.6 Å². The molecule has 0 aliphatic rings. The number of ether oxygens (including phenoxy) is 1. The van der Waals surface area contributed by atoms with Crippen LogP contribution in [0.3, 0.4) is 0 Å². The van der Waals surface area contributed by atoms with Crippen molar-refractivity contribution in [2.45, 2.75) is 11.4 Å². The number of methoxy groups -OCH3 is 1. The summed E-state index contributed by atoms with van der Waals surface area (Å²) >= 11 is 6.13. The van der Waals surface area contributed by atoms with Gasteiger partial charge in [-0.05, 0) is 35.9 Å². The van der Waals surface area contributed by atoms with Crippen LogP contribution in [0.2, 0.25) is 5.02 Å². The third-order valence-electron chi connectivity index (χ3n) is 3.54. The molecule has 0 bridgehead atoms. The van der Waals surface area contributed by atoms with E-state index in [2.05, 4.69) is 9.82 Å². The number of nitrogens with one attached hydrogen (secondary N) is 1. The fraction of sp³-hybridized carbons (Fsp3) is 0.118. The summed E-state index contributed by atoms with van der Waals surface area (Å²) in [6, 6.07) is 15.1. The Bertz CT molecular complexity index is 969. The Morgan fingerprint density at radius 2 is 1.84 bits per heavy atom. The summed E-state index contributed by atoms with van der Waals surface area (Å²) < 4.78 is 33.9. The van der Waals surface area contributed by atoms with E-state index >= 15 is 0 Å². The fourth-order valence-corrected chi connectivity index (χ4v) is 3.45. The van der Waals surface area contributed by atoms with Gasteiger partial charge in [0.2, 0.25) is 0 Å². The summed E-state index contributed by atoms with van der Waals surface area (Å²) in [5, 5.41) is 4.87. The lowest BCUT2D eigenvalue weighted by atomic mass is 10.2. The van der Waals surface area contributed by atoms with Crippen LogP contribution in [0.4, 0.5) is 5.82 Å². The summed E-state index contributed by atoms with van der Waals surface area (Å²) in [6.07, 6.45) is 1.69. The van der Waals surface area contributed by atoms with Gasteiger partial charge >= 0.3 is 0 Å². The third kappa shape index (κ3) is 4.12. The standard InChI is InChI=1S/C17H16ClN3O3S/c1-24-14-6-8-15(9-7-14)25(22,23)20-17-10-11-21(19-17)12-13-4-2-3-5-16(13)18/h2-11H,12H2,1H3,(H,19,20). The highest BCUT2D eigenvalue weighted by Gasteiger charge is 2.15. The molecule has 25 heavy (non-hydrogen) atoms. The Morgan fingerprint density at radius 1 is 1.12 bits per heavy atom. The Balaban J connectivity index is 1.75. The molecule has 0 aliphatic heterocycles. The number of hydrogen-bond donors (Lipinski definition) is 1. The number of aromatic nitrogens is 2. The highest BCUT2D eigenvalue weighted by atomic mass is 35.5. The van der Waals surface area contributed by atoms with Gasteiger partial charge in [0.1, 0.15) is 5.75 Å². The molecule has 0 atom stereocenters. The minimum Gasteiger partial charge on any atom is -0.497 e. The molecule has 1 aromatic heterocycles. The average Bonchev–Trinajstić information content (AvgIpc) is 3.03. The predicted molar refractivity (Wildman–Crippen MR) is 96.6 cm³/mol. The van der Waals surface area contributed by atoms with Crippen LogP contribution in [-0.4, -0.2) is 25.3 Å². The minimum atomic E-state index is -3.71.